The van der Waals surface area contributed by atoms with Crippen molar-refractivity contribution in [2.45, 2.75) is 26.8 Å². The van der Waals surface area contributed by atoms with Crippen LogP contribution in [0.5, 0.6) is 5.75 Å². The minimum absolute atomic E-state index is 0.140. The maximum atomic E-state index is 12.3. The molecular weight excluding hydrogens is 268 g/mol. The van der Waals surface area contributed by atoms with Gasteiger partial charge in [0.1, 0.15) is 17.3 Å². The van der Waals surface area contributed by atoms with Gasteiger partial charge in [0.25, 0.3) is 5.91 Å². The van der Waals surface area contributed by atoms with Crippen molar-refractivity contribution in [3.05, 3.63) is 46.9 Å². The Labute approximate surface area is 124 Å². The number of hydrogen-bond donors (Lipinski definition) is 2. The first-order valence-corrected chi connectivity index (χ1v) is 6.73. The Bertz CT molecular complexity index is 662. The van der Waals surface area contributed by atoms with Crippen molar-refractivity contribution < 1.29 is 13.9 Å². The van der Waals surface area contributed by atoms with Crippen molar-refractivity contribution >= 4 is 11.6 Å². The molecule has 112 valence electrons. The largest absolute Gasteiger partial charge is 0.495 e. The molecule has 0 fully saturated rings. The number of carbonyl (C=O) groups excluding carboxylic acids is 1. The van der Waals surface area contributed by atoms with Crippen LogP contribution < -0.4 is 15.8 Å². The fraction of sp³-hybridized carbons (Fsp3) is 0.312. The molecule has 1 amide bonds. The normalized spacial score (nSPS) is 12.0. The van der Waals surface area contributed by atoms with Gasteiger partial charge in [-0.1, -0.05) is 0 Å². The van der Waals surface area contributed by atoms with Gasteiger partial charge in [-0.25, -0.2) is 0 Å². The molecule has 0 radical (unpaired) electrons. The summed E-state index contributed by atoms with van der Waals surface area (Å²) in [5.41, 5.74) is 7.73. The van der Waals surface area contributed by atoms with Crippen LogP contribution in [-0.4, -0.2) is 13.0 Å². The monoisotopic (exact) mass is 288 g/mol. The number of rotatable bonds is 4. The van der Waals surface area contributed by atoms with Crippen molar-refractivity contribution in [2.75, 3.05) is 12.8 Å². The Balaban J connectivity index is 2.16. The number of methoxy groups -OCH3 is 1. The number of nitrogens with one attached hydrogen (secondary N) is 1. The van der Waals surface area contributed by atoms with Crippen LogP contribution in [-0.2, 0) is 0 Å². The zero-order valence-electron chi connectivity index (χ0n) is 12.7. The maximum Gasteiger partial charge on any atom is 0.251 e. The van der Waals surface area contributed by atoms with E-state index in [2.05, 4.69) is 5.32 Å². The quantitative estimate of drug-likeness (QED) is 0.848. The predicted octanol–water partition coefficient (Wildman–Crippen LogP) is 2.98. The van der Waals surface area contributed by atoms with Gasteiger partial charge in [-0.15, -0.1) is 0 Å². The highest BCUT2D eigenvalue weighted by Gasteiger charge is 2.16. The van der Waals surface area contributed by atoms with Crippen molar-refractivity contribution in [3.63, 3.8) is 0 Å². The van der Waals surface area contributed by atoms with Crippen LogP contribution in [0.25, 0.3) is 0 Å². The summed E-state index contributed by atoms with van der Waals surface area (Å²) in [6.45, 7) is 5.69. The second kappa shape index (κ2) is 5.91. The van der Waals surface area contributed by atoms with Crippen LogP contribution in [0.15, 0.2) is 28.7 Å². The Hall–Kier alpha value is -2.43. The van der Waals surface area contributed by atoms with Gasteiger partial charge in [-0.2, -0.15) is 0 Å². The SMILES string of the molecule is COc1cc(C(=O)NC(C)c2cc(C)oc2C)ccc1N. The average molecular weight is 288 g/mol. The highest BCUT2D eigenvalue weighted by molar-refractivity contribution is 5.95. The van der Waals surface area contributed by atoms with E-state index in [4.69, 9.17) is 14.9 Å². The summed E-state index contributed by atoms with van der Waals surface area (Å²) in [5.74, 6) is 1.96. The zero-order chi connectivity index (χ0) is 15.6. The van der Waals surface area contributed by atoms with E-state index in [0.29, 0.717) is 17.0 Å². The number of hydrogen-bond acceptors (Lipinski definition) is 4. The molecule has 0 aliphatic heterocycles. The number of anilines is 1. The molecular formula is C16H20N2O3. The van der Waals surface area contributed by atoms with Crippen molar-refractivity contribution in [1.29, 1.82) is 0 Å². The molecule has 21 heavy (non-hydrogen) atoms. The Kier molecular flexibility index (Phi) is 4.21. The van der Waals surface area contributed by atoms with Gasteiger partial charge in [0, 0.05) is 11.1 Å². The highest BCUT2D eigenvalue weighted by atomic mass is 16.5. The summed E-state index contributed by atoms with van der Waals surface area (Å²) in [6, 6.07) is 6.76. The lowest BCUT2D eigenvalue weighted by Gasteiger charge is -2.14. The summed E-state index contributed by atoms with van der Waals surface area (Å²) in [5, 5.41) is 2.94. The topological polar surface area (TPSA) is 77.5 Å². The summed E-state index contributed by atoms with van der Waals surface area (Å²) in [7, 11) is 1.52. The Morgan fingerprint density at radius 2 is 2.05 bits per heavy atom. The molecule has 1 unspecified atom stereocenters. The standard InChI is InChI=1S/C16H20N2O3/c1-9-7-13(11(3)21-9)10(2)18-16(19)12-5-6-14(17)15(8-12)20-4/h5-8,10H,17H2,1-4H3,(H,18,19). The molecule has 1 aromatic heterocycles. The fourth-order valence-corrected chi connectivity index (χ4v) is 2.29. The average Bonchev–Trinajstić information content (AvgIpc) is 2.78. The van der Waals surface area contributed by atoms with Crippen LogP contribution in [0.4, 0.5) is 5.69 Å². The molecule has 0 aliphatic rings. The van der Waals surface area contributed by atoms with Gasteiger partial charge in [-0.3, -0.25) is 4.79 Å². The number of benzene rings is 1. The van der Waals surface area contributed by atoms with E-state index in [-0.39, 0.29) is 11.9 Å². The number of nitrogen functional groups attached to an aromatic ring is 1. The third-order valence-electron chi connectivity index (χ3n) is 3.39. The van der Waals surface area contributed by atoms with E-state index >= 15 is 0 Å². The van der Waals surface area contributed by atoms with Crippen molar-refractivity contribution in [3.8, 4) is 5.75 Å². The van der Waals surface area contributed by atoms with Crippen LogP contribution in [0, 0.1) is 13.8 Å². The molecule has 2 rings (SSSR count). The molecule has 1 atom stereocenters. The molecule has 0 bridgehead atoms. The van der Waals surface area contributed by atoms with E-state index in [1.165, 1.54) is 7.11 Å². The molecule has 0 aliphatic carbocycles. The van der Waals surface area contributed by atoms with Gasteiger partial charge >= 0.3 is 0 Å². The predicted molar refractivity (Wildman–Crippen MR) is 81.5 cm³/mol. The van der Waals surface area contributed by atoms with Crippen LogP contribution >= 0.6 is 0 Å². The highest BCUT2D eigenvalue weighted by Crippen LogP contribution is 2.24. The summed E-state index contributed by atoms with van der Waals surface area (Å²) in [6.07, 6.45) is 0. The van der Waals surface area contributed by atoms with Gasteiger partial charge in [-0.05, 0) is 45.0 Å². The first kappa shape index (κ1) is 15.0. The van der Waals surface area contributed by atoms with E-state index in [1.54, 1.807) is 18.2 Å². The lowest BCUT2D eigenvalue weighted by atomic mass is 10.1. The number of aryl methyl sites for hydroxylation is 2. The third kappa shape index (κ3) is 3.18. The minimum Gasteiger partial charge on any atom is -0.495 e. The molecule has 1 aromatic carbocycles. The Morgan fingerprint density at radius 1 is 1.33 bits per heavy atom. The zero-order valence-corrected chi connectivity index (χ0v) is 12.7. The number of furan rings is 1. The molecule has 0 spiro atoms. The van der Waals surface area contributed by atoms with Crippen LogP contribution in [0.3, 0.4) is 0 Å². The smallest absolute Gasteiger partial charge is 0.251 e. The summed E-state index contributed by atoms with van der Waals surface area (Å²) in [4.78, 5) is 12.3. The third-order valence-corrected chi connectivity index (χ3v) is 3.39. The van der Waals surface area contributed by atoms with Gasteiger partial charge in [0.05, 0.1) is 18.8 Å². The van der Waals surface area contributed by atoms with Crippen molar-refractivity contribution in [1.82, 2.24) is 5.32 Å². The number of ether oxygens (including phenoxy) is 1. The summed E-state index contributed by atoms with van der Waals surface area (Å²) < 4.78 is 10.6. The van der Waals surface area contributed by atoms with E-state index in [0.717, 1.165) is 17.1 Å². The van der Waals surface area contributed by atoms with Crippen LogP contribution in [0.1, 0.15) is 40.4 Å². The van der Waals surface area contributed by atoms with Gasteiger partial charge in [0.15, 0.2) is 0 Å². The Morgan fingerprint density at radius 3 is 2.62 bits per heavy atom. The first-order chi connectivity index (χ1) is 9.92. The molecule has 2 aromatic rings. The first-order valence-electron chi connectivity index (χ1n) is 6.73. The fourth-order valence-electron chi connectivity index (χ4n) is 2.29. The maximum absolute atomic E-state index is 12.3. The number of carbonyl (C=O) groups is 1. The second-order valence-corrected chi connectivity index (χ2v) is 5.02. The van der Waals surface area contributed by atoms with E-state index in [1.807, 2.05) is 26.8 Å². The molecule has 0 saturated heterocycles. The number of amides is 1. The molecule has 1 heterocycles. The van der Waals surface area contributed by atoms with Gasteiger partial charge in [0.2, 0.25) is 0 Å². The van der Waals surface area contributed by atoms with E-state index < -0.39 is 0 Å². The molecule has 0 saturated carbocycles. The molecule has 5 nitrogen and oxygen atoms in total. The van der Waals surface area contributed by atoms with Gasteiger partial charge < -0.3 is 20.2 Å². The number of nitrogens with two attached hydrogens (primary N) is 1. The molecule has 5 heteroatoms. The lowest BCUT2D eigenvalue weighted by molar-refractivity contribution is 0.0939. The lowest BCUT2D eigenvalue weighted by Crippen LogP contribution is -2.26. The van der Waals surface area contributed by atoms with Crippen molar-refractivity contribution in [2.24, 2.45) is 0 Å². The van der Waals surface area contributed by atoms with E-state index in [9.17, 15) is 4.79 Å². The summed E-state index contributed by atoms with van der Waals surface area (Å²) >= 11 is 0. The van der Waals surface area contributed by atoms with Crippen LogP contribution in [0.2, 0.25) is 0 Å². The minimum atomic E-state index is -0.181. The molecule has 3 N–H and O–H groups in total. The second-order valence-electron chi connectivity index (χ2n) is 5.02.